The van der Waals surface area contributed by atoms with E-state index in [2.05, 4.69) is 11.9 Å². The molecule has 166 valence electrons. The van der Waals surface area contributed by atoms with Crippen molar-refractivity contribution in [2.24, 2.45) is 0 Å². The molecular formula is C24H23ClN2O4S. The Labute approximate surface area is 193 Å². The molecule has 0 unspecified atom stereocenters. The molecule has 0 aromatic heterocycles. The van der Waals surface area contributed by atoms with Gasteiger partial charge in [0.15, 0.2) is 0 Å². The van der Waals surface area contributed by atoms with Crippen molar-refractivity contribution in [2.75, 3.05) is 22.8 Å². The minimum atomic E-state index is -4.01. The fraction of sp³-hybridized carbons (Fsp3) is 0.125. The summed E-state index contributed by atoms with van der Waals surface area (Å²) in [4.78, 5) is 12.8. The van der Waals surface area contributed by atoms with Crippen molar-refractivity contribution in [1.29, 1.82) is 0 Å². The average molecular weight is 471 g/mol. The van der Waals surface area contributed by atoms with Gasteiger partial charge in [0.25, 0.3) is 15.9 Å². The molecule has 6 nitrogen and oxygen atoms in total. The molecule has 1 N–H and O–H groups in total. The topological polar surface area (TPSA) is 75.7 Å². The molecule has 0 saturated carbocycles. The number of benzene rings is 3. The Hall–Kier alpha value is -3.29. The summed E-state index contributed by atoms with van der Waals surface area (Å²) >= 11 is 6.24. The van der Waals surface area contributed by atoms with Gasteiger partial charge in [-0.2, -0.15) is 0 Å². The van der Waals surface area contributed by atoms with Crippen LogP contribution in [0.3, 0.4) is 0 Å². The number of sulfonamides is 1. The molecule has 3 rings (SSSR count). The molecule has 0 heterocycles. The Kier molecular flexibility index (Phi) is 7.56. The molecule has 0 atom stereocenters. The van der Waals surface area contributed by atoms with E-state index >= 15 is 0 Å². The number of halogens is 1. The fourth-order valence-corrected chi connectivity index (χ4v) is 4.86. The van der Waals surface area contributed by atoms with Gasteiger partial charge >= 0.3 is 0 Å². The highest BCUT2D eigenvalue weighted by atomic mass is 35.5. The number of nitrogens with one attached hydrogen (secondary N) is 1. The zero-order valence-electron chi connectivity index (χ0n) is 17.5. The molecule has 0 fully saturated rings. The molecule has 8 heteroatoms. The summed E-state index contributed by atoms with van der Waals surface area (Å²) in [5, 5.41) is 3.07. The van der Waals surface area contributed by atoms with Crippen LogP contribution < -0.4 is 14.4 Å². The highest BCUT2D eigenvalue weighted by molar-refractivity contribution is 7.92. The van der Waals surface area contributed by atoms with E-state index in [0.717, 1.165) is 4.31 Å². The number of ether oxygens (including phenoxy) is 1. The Morgan fingerprint density at radius 2 is 1.81 bits per heavy atom. The van der Waals surface area contributed by atoms with E-state index in [1.165, 1.54) is 24.3 Å². The third kappa shape index (κ3) is 5.12. The van der Waals surface area contributed by atoms with Crippen molar-refractivity contribution < 1.29 is 17.9 Å². The molecule has 1 amide bonds. The first-order chi connectivity index (χ1) is 15.4. The van der Waals surface area contributed by atoms with Gasteiger partial charge in [-0.15, -0.1) is 6.58 Å². The second kappa shape index (κ2) is 10.3. The van der Waals surface area contributed by atoms with Gasteiger partial charge < -0.3 is 10.1 Å². The smallest absolute Gasteiger partial charge is 0.264 e. The number of rotatable bonds is 9. The lowest BCUT2D eigenvalue weighted by atomic mass is 10.2. The summed E-state index contributed by atoms with van der Waals surface area (Å²) in [5.41, 5.74) is 1.02. The Bertz CT molecular complexity index is 1230. The molecule has 0 aliphatic carbocycles. The van der Waals surface area contributed by atoms with Gasteiger partial charge in [0, 0.05) is 5.56 Å². The van der Waals surface area contributed by atoms with E-state index in [4.69, 9.17) is 16.3 Å². The fourth-order valence-electron chi connectivity index (χ4n) is 3.07. The Morgan fingerprint density at radius 1 is 1.09 bits per heavy atom. The first-order valence-corrected chi connectivity index (χ1v) is 11.7. The Morgan fingerprint density at radius 3 is 2.53 bits per heavy atom. The van der Waals surface area contributed by atoms with E-state index < -0.39 is 15.9 Å². The van der Waals surface area contributed by atoms with Gasteiger partial charge in [-0.05, 0) is 49.4 Å². The van der Waals surface area contributed by atoms with Crippen LogP contribution in [0.2, 0.25) is 5.02 Å². The van der Waals surface area contributed by atoms with Gasteiger partial charge in [-0.1, -0.05) is 48.0 Å². The molecule has 0 saturated heterocycles. The zero-order valence-corrected chi connectivity index (χ0v) is 19.1. The monoisotopic (exact) mass is 470 g/mol. The number of carbonyl (C=O) groups excluding carboxylic acids is 1. The highest BCUT2D eigenvalue weighted by Gasteiger charge is 2.26. The van der Waals surface area contributed by atoms with Gasteiger partial charge in [-0.3, -0.25) is 9.10 Å². The molecule has 0 spiro atoms. The van der Waals surface area contributed by atoms with Crippen molar-refractivity contribution in [1.82, 2.24) is 0 Å². The number of anilines is 2. The average Bonchev–Trinajstić information content (AvgIpc) is 2.79. The zero-order chi connectivity index (χ0) is 23.1. The van der Waals surface area contributed by atoms with E-state index in [1.54, 1.807) is 54.6 Å². The highest BCUT2D eigenvalue weighted by Crippen LogP contribution is 2.31. The van der Waals surface area contributed by atoms with Crippen molar-refractivity contribution in [3.8, 4) is 5.75 Å². The van der Waals surface area contributed by atoms with E-state index in [1.807, 2.05) is 6.92 Å². The minimum absolute atomic E-state index is 0.0181. The lowest BCUT2D eigenvalue weighted by Crippen LogP contribution is -2.31. The van der Waals surface area contributed by atoms with Gasteiger partial charge in [-0.25, -0.2) is 8.42 Å². The summed E-state index contributed by atoms with van der Waals surface area (Å²) in [6.07, 6.45) is 1.47. The molecule has 32 heavy (non-hydrogen) atoms. The summed E-state index contributed by atoms with van der Waals surface area (Å²) in [6, 6.07) is 19.5. The van der Waals surface area contributed by atoms with Crippen LogP contribution in [0.4, 0.5) is 11.4 Å². The number of carbonyl (C=O) groups is 1. The van der Waals surface area contributed by atoms with Crippen molar-refractivity contribution in [3.63, 3.8) is 0 Å². The summed E-state index contributed by atoms with van der Waals surface area (Å²) in [7, 11) is -4.01. The van der Waals surface area contributed by atoms with E-state index in [9.17, 15) is 13.2 Å². The molecule has 0 aliphatic heterocycles. The molecular weight excluding hydrogens is 448 g/mol. The first-order valence-electron chi connectivity index (χ1n) is 9.90. The van der Waals surface area contributed by atoms with Crippen LogP contribution in [0.5, 0.6) is 5.75 Å². The van der Waals surface area contributed by atoms with Crippen LogP contribution >= 0.6 is 11.6 Å². The maximum absolute atomic E-state index is 13.4. The van der Waals surface area contributed by atoms with Crippen LogP contribution in [0.1, 0.15) is 17.3 Å². The number of amides is 1. The minimum Gasteiger partial charge on any atom is -0.492 e. The molecule has 0 radical (unpaired) electrons. The number of hydrogen-bond acceptors (Lipinski definition) is 4. The van der Waals surface area contributed by atoms with Crippen LogP contribution in [0, 0.1) is 0 Å². The van der Waals surface area contributed by atoms with Gasteiger partial charge in [0.05, 0.1) is 34.4 Å². The largest absolute Gasteiger partial charge is 0.492 e. The van der Waals surface area contributed by atoms with Crippen LogP contribution in [0.25, 0.3) is 0 Å². The number of para-hydroxylation sites is 3. The van der Waals surface area contributed by atoms with E-state index in [0.29, 0.717) is 28.8 Å². The quantitative estimate of drug-likeness (QED) is 0.426. The summed E-state index contributed by atoms with van der Waals surface area (Å²) in [6.45, 7) is 5.97. The predicted molar refractivity (Wildman–Crippen MR) is 128 cm³/mol. The molecule has 0 bridgehead atoms. The summed E-state index contributed by atoms with van der Waals surface area (Å²) in [5.74, 6) is 0.0743. The van der Waals surface area contributed by atoms with E-state index in [-0.39, 0.29) is 17.0 Å². The standard InChI is InChI=1S/C24H23ClN2O4S/c1-3-16-27(22-14-7-5-12-20(22)25)32(29,30)19-11-9-10-18(17-19)24(28)26-21-13-6-8-15-23(21)31-4-2/h3,5-15,17H,1,4,16H2,2H3,(H,26,28). The van der Waals surface area contributed by atoms with Gasteiger partial charge in [0.2, 0.25) is 0 Å². The molecule has 0 aliphatic rings. The number of hydrogen-bond donors (Lipinski definition) is 1. The van der Waals surface area contributed by atoms with Crippen molar-refractivity contribution in [3.05, 3.63) is 96.0 Å². The lowest BCUT2D eigenvalue weighted by Gasteiger charge is -2.24. The molecule has 3 aromatic rings. The van der Waals surface area contributed by atoms with Crippen LogP contribution in [-0.2, 0) is 10.0 Å². The van der Waals surface area contributed by atoms with Crippen molar-refractivity contribution >= 4 is 38.9 Å². The SMILES string of the molecule is C=CCN(c1ccccc1Cl)S(=O)(=O)c1cccc(C(=O)Nc2ccccc2OCC)c1. The van der Waals surface area contributed by atoms with Crippen molar-refractivity contribution in [2.45, 2.75) is 11.8 Å². The Balaban J connectivity index is 1.94. The maximum Gasteiger partial charge on any atom is 0.264 e. The number of nitrogens with zero attached hydrogens (tertiary/aromatic N) is 1. The third-order valence-electron chi connectivity index (χ3n) is 4.54. The summed E-state index contributed by atoms with van der Waals surface area (Å²) < 4.78 is 33.5. The second-order valence-electron chi connectivity index (χ2n) is 6.69. The normalized spacial score (nSPS) is 10.9. The maximum atomic E-state index is 13.4. The second-order valence-corrected chi connectivity index (χ2v) is 8.96. The third-order valence-corrected chi connectivity index (χ3v) is 6.63. The van der Waals surface area contributed by atoms with Crippen LogP contribution in [-0.4, -0.2) is 27.5 Å². The predicted octanol–water partition coefficient (Wildman–Crippen LogP) is 5.37. The van der Waals surface area contributed by atoms with Gasteiger partial charge in [0.1, 0.15) is 5.75 Å². The lowest BCUT2D eigenvalue weighted by molar-refractivity contribution is 0.102. The molecule has 3 aromatic carbocycles. The first kappa shape index (κ1) is 23.4. The van der Waals surface area contributed by atoms with Crippen LogP contribution in [0.15, 0.2) is 90.3 Å².